The van der Waals surface area contributed by atoms with E-state index in [4.69, 9.17) is 0 Å². The molecule has 2 aromatic carbocycles. The topological polar surface area (TPSA) is 46.2 Å². The Bertz CT molecular complexity index is 769. The monoisotopic (exact) mass is 321 g/mol. The van der Waals surface area contributed by atoms with Crippen LogP contribution in [0.3, 0.4) is 0 Å². The van der Waals surface area contributed by atoms with Gasteiger partial charge in [-0.25, -0.2) is 0 Å². The van der Waals surface area contributed by atoms with Crippen LogP contribution in [0.5, 0.6) is 0 Å². The minimum absolute atomic E-state index is 0.0276. The van der Waals surface area contributed by atoms with Gasteiger partial charge in [0, 0.05) is 5.69 Å². The predicted molar refractivity (Wildman–Crippen MR) is 69.3 cm³/mol. The van der Waals surface area contributed by atoms with Crippen molar-refractivity contribution in [1.82, 2.24) is 0 Å². The molecule has 0 fully saturated rings. The maximum Gasteiger partial charge on any atom is 0.416 e. The van der Waals surface area contributed by atoms with Crippen molar-refractivity contribution < 1.29 is 26.3 Å². The molecule has 0 bridgehead atoms. The lowest BCUT2D eigenvalue weighted by molar-refractivity contribution is -0.143. The number of hydrogen-bond acceptors (Lipinski definition) is 3. The number of benzene rings is 1. The van der Waals surface area contributed by atoms with Crippen LogP contribution in [0, 0.1) is 0 Å². The molecule has 0 amide bonds. The lowest BCUT2D eigenvalue weighted by atomic mass is 9.89. The summed E-state index contributed by atoms with van der Waals surface area (Å²) < 4.78 is 75.9. The van der Waals surface area contributed by atoms with Crippen molar-refractivity contribution in [3.63, 3.8) is 0 Å². The minimum atomic E-state index is -4.99. The number of rotatable bonds is 2. The maximum atomic E-state index is 12.7. The summed E-state index contributed by atoms with van der Waals surface area (Å²) in [5.41, 5.74) is -5.76. The van der Waals surface area contributed by atoms with Crippen LogP contribution >= 0.6 is 0 Å². The Kier molecular flexibility index (Phi) is 3.58. The van der Waals surface area contributed by atoms with Gasteiger partial charge in [0.15, 0.2) is 0 Å². The Hall–Kier alpha value is -2.26. The Morgan fingerprint density at radius 2 is 1.27 bits per heavy atom. The van der Waals surface area contributed by atoms with Gasteiger partial charge in [-0.1, -0.05) is 0 Å². The zero-order chi connectivity index (χ0) is 16.9. The third-order valence-electron chi connectivity index (χ3n) is 3.01. The number of nitrogens with one attached hydrogen (secondary N) is 1. The van der Waals surface area contributed by atoms with Gasteiger partial charge in [0.2, 0.25) is 10.9 Å². The van der Waals surface area contributed by atoms with E-state index in [1.165, 1.54) is 7.85 Å². The van der Waals surface area contributed by atoms with Gasteiger partial charge in [-0.15, -0.1) is 0 Å². The van der Waals surface area contributed by atoms with Crippen molar-refractivity contribution in [2.24, 2.45) is 0 Å². The van der Waals surface area contributed by atoms with E-state index in [0.717, 1.165) is 0 Å². The molecule has 0 unspecified atom stereocenters. The van der Waals surface area contributed by atoms with Crippen LogP contribution in [0.2, 0.25) is 0 Å². The highest BCUT2D eigenvalue weighted by atomic mass is 19.4. The molecule has 0 aromatic heterocycles. The number of anilines is 2. The Morgan fingerprint density at radius 1 is 0.818 bits per heavy atom. The van der Waals surface area contributed by atoms with Crippen molar-refractivity contribution in [2.75, 3.05) is 5.32 Å². The summed E-state index contributed by atoms with van der Waals surface area (Å²) in [5, 5.41) is 2.14. The summed E-state index contributed by atoms with van der Waals surface area (Å²) in [6, 6.07) is 0.845. The molecular formula is C12H6BF6NO2. The first-order chi connectivity index (χ1) is 9.91. The molecule has 0 atom stereocenters. The van der Waals surface area contributed by atoms with Crippen LogP contribution in [-0.4, -0.2) is 7.85 Å². The molecule has 0 aliphatic heterocycles. The van der Waals surface area contributed by atoms with Gasteiger partial charge in [0.1, 0.15) is 7.85 Å². The van der Waals surface area contributed by atoms with E-state index in [1.807, 2.05) is 0 Å². The second-order valence-electron chi connectivity index (χ2n) is 4.58. The van der Waals surface area contributed by atoms with Gasteiger partial charge < -0.3 is 5.32 Å². The predicted octanol–water partition coefficient (Wildman–Crippen LogP) is 1.32. The van der Waals surface area contributed by atoms with Gasteiger partial charge in [-0.3, -0.25) is 9.59 Å². The van der Waals surface area contributed by atoms with Crippen LogP contribution in [0.1, 0.15) is 11.1 Å². The van der Waals surface area contributed by atoms with Crippen molar-refractivity contribution in [3.05, 3.63) is 49.8 Å². The molecule has 0 aliphatic rings. The Labute approximate surface area is 119 Å². The molecule has 0 spiro atoms. The van der Waals surface area contributed by atoms with Crippen molar-refractivity contribution in [3.8, 4) is 0 Å². The quantitative estimate of drug-likeness (QED) is 0.516. The lowest BCUT2D eigenvalue weighted by Crippen LogP contribution is -2.49. The molecule has 0 radical (unpaired) electrons. The highest BCUT2D eigenvalue weighted by molar-refractivity contribution is 6.37. The highest BCUT2D eigenvalue weighted by Gasteiger charge is 2.37. The van der Waals surface area contributed by atoms with Gasteiger partial charge in [0.25, 0.3) is 0 Å². The average Bonchev–Trinajstić information content (AvgIpc) is 2.41. The third-order valence-corrected chi connectivity index (χ3v) is 3.01. The first kappa shape index (κ1) is 16.1. The fraction of sp³-hybridized carbons (Fsp3) is 0.167. The molecule has 2 aromatic rings. The summed E-state index contributed by atoms with van der Waals surface area (Å²) >= 11 is 0. The zero-order valence-corrected chi connectivity index (χ0v) is 10.8. The van der Waals surface area contributed by atoms with Crippen LogP contribution in [0.25, 0.3) is 0 Å². The molecule has 116 valence electrons. The minimum Gasteiger partial charge on any atom is -0.353 e. The molecule has 10 heteroatoms. The number of halogens is 6. The number of hydrogen-bond donors (Lipinski definition) is 1. The average molecular weight is 321 g/mol. The maximum absolute atomic E-state index is 12.7. The normalized spacial score (nSPS) is 12.6. The van der Waals surface area contributed by atoms with Crippen LogP contribution in [-0.2, 0) is 12.4 Å². The van der Waals surface area contributed by atoms with Crippen molar-refractivity contribution in [2.45, 2.75) is 12.4 Å². The van der Waals surface area contributed by atoms with E-state index in [1.54, 1.807) is 0 Å². The molecule has 1 N–H and O–H groups in total. The smallest absolute Gasteiger partial charge is 0.353 e. The van der Waals surface area contributed by atoms with E-state index in [2.05, 4.69) is 5.32 Å². The van der Waals surface area contributed by atoms with Crippen LogP contribution in [0.15, 0.2) is 27.8 Å². The SMILES string of the molecule is Bc1c(Nc2cc(C(F)(F)F)cc(C(F)(F)F)c2)c(=O)c1=O. The number of alkyl halides is 6. The summed E-state index contributed by atoms with van der Waals surface area (Å²) in [6.07, 6.45) is -9.97. The van der Waals surface area contributed by atoms with E-state index in [9.17, 15) is 35.9 Å². The summed E-state index contributed by atoms with van der Waals surface area (Å²) in [5.74, 6) is 0. The first-order valence-electron chi connectivity index (χ1n) is 5.77. The molecule has 0 saturated heterocycles. The molecule has 0 aliphatic carbocycles. The van der Waals surface area contributed by atoms with Gasteiger partial charge >= 0.3 is 12.4 Å². The fourth-order valence-corrected chi connectivity index (χ4v) is 1.83. The second-order valence-corrected chi connectivity index (χ2v) is 4.58. The first-order valence-corrected chi connectivity index (χ1v) is 5.77. The van der Waals surface area contributed by atoms with Gasteiger partial charge in [-0.05, 0) is 23.7 Å². The largest absolute Gasteiger partial charge is 0.416 e. The highest BCUT2D eigenvalue weighted by Crippen LogP contribution is 2.37. The van der Waals surface area contributed by atoms with E-state index in [-0.39, 0.29) is 17.2 Å². The van der Waals surface area contributed by atoms with Gasteiger partial charge in [0.05, 0.1) is 16.8 Å². The Morgan fingerprint density at radius 3 is 1.64 bits per heavy atom. The standard InChI is InChI=1S/C12H6BF6NO2/c13-7-8(10(22)9(7)21)20-6-2-4(11(14,15)16)1-5(3-6)12(17,18)19/h1-3,20H,13H2. The molecule has 22 heavy (non-hydrogen) atoms. The summed E-state index contributed by atoms with van der Waals surface area (Å²) in [7, 11) is 1.24. The van der Waals surface area contributed by atoms with Crippen molar-refractivity contribution >= 4 is 24.7 Å². The summed E-state index contributed by atoms with van der Waals surface area (Å²) in [6.45, 7) is 0. The van der Waals surface area contributed by atoms with E-state index < -0.39 is 40.0 Å². The third kappa shape index (κ3) is 2.86. The van der Waals surface area contributed by atoms with Gasteiger partial charge in [-0.2, -0.15) is 26.3 Å². The van der Waals surface area contributed by atoms with Crippen molar-refractivity contribution in [1.29, 1.82) is 0 Å². The Balaban J connectivity index is 2.52. The molecule has 0 saturated carbocycles. The van der Waals surface area contributed by atoms with Crippen LogP contribution in [0.4, 0.5) is 37.7 Å². The second kappa shape index (κ2) is 4.89. The zero-order valence-electron chi connectivity index (χ0n) is 10.8. The fourth-order valence-electron chi connectivity index (χ4n) is 1.83. The lowest BCUT2D eigenvalue weighted by Gasteiger charge is -2.16. The molecule has 0 heterocycles. The van der Waals surface area contributed by atoms with E-state index >= 15 is 0 Å². The van der Waals surface area contributed by atoms with E-state index in [0.29, 0.717) is 12.1 Å². The summed E-state index contributed by atoms with van der Waals surface area (Å²) in [4.78, 5) is 22.2. The molecule has 2 rings (SSSR count). The molecular weight excluding hydrogens is 315 g/mol. The van der Waals surface area contributed by atoms with Crippen LogP contribution < -0.4 is 21.6 Å². The molecule has 3 nitrogen and oxygen atoms in total.